The summed E-state index contributed by atoms with van der Waals surface area (Å²) in [5.74, 6) is -0.581. The highest BCUT2D eigenvalue weighted by Gasteiger charge is 2.39. The van der Waals surface area contributed by atoms with Gasteiger partial charge in [-0.3, -0.25) is 0 Å². The molecule has 3 heterocycles. The van der Waals surface area contributed by atoms with E-state index in [0.29, 0.717) is 13.2 Å². The Morgan fingerprint density at radius 3 is 2.46 bits per heavy atom. The zero-order valence-corrected chi connectivity index (χ0v) is 15.5. The van der Waals surface area contributed by atoms with E-state index < -0.39 is 5.79 Å². The van der Waals surface area contributed by atoms with Crippen LogP contribution in [0.25, 0.3) is 0 Å². The van der Waals surface area contributed by atoms with E-state index in [2.05, 4.69) is 12.2 Å². The molecule has 2 fully saturated rings. The third-order valence-electron chi connectivity index (χ3n) is 5.15. The van der Waals surface area contributed by atoms with E-state index in [1.54, 1.807) is 0 Å². The van der Waals surface area contributed by atoms with Gasteiger partial charge in [-0.15, -0.1) is 0 Å². The number of rotatable bonds is 1. The molecule has 26 heavy (non-hydrogen) atoms. The molecule has 2 saturated heterocycles. The number of hydrogen-bond acceptors (Lipinski definition) is 5. The molecule has 0 unspecified atom stereocenters. The topological polar surface area (TPSA) is 46.2 Å². The molecule has 5 heteroatoms. The number of ether oxygens (including phenoxy) is 5. The minimum Gasteiger partial charge on any atom is -0.367 e. The summed E-state index contributed by atoms with van der Waals surface area (Å²) in [6.45, 7) is 5.08. The van der Waals surface area contributed by atoms with Crippen LogP contribution in [-0.2, 0) is 23.7 Å². The highest BCUT2D eigenvalue weighted by atomic mass is 16.7. The Bertz CT molecular complexity index is 614. The van der Waals surface area contributed by atoms with E-state index in [9.17, 15) is 0 Å². The minimum absolute atomic E-state index is 0.0191. The van der Waals surface area contributed by atoms with E-state index in [4.69, 9.17) is 23.7 Å². The first kappa shape index (κ1) is 18.1. The molecule has 5 atom stereocenters. The maximum Gasteiger partial charge on any atom is 0.184 e. The van der Waals surface area contributed by atoms with Gasteiger partial charge in [-0.25, -0.2) is 0 Å². The van der Waals surface area contributed by atoms with Crippen molar-refractivity contribution in [1.82, 2.24) is 0 Å². The Morgan fingerprint density at radius 1 is 0.885 bits per heavy atom. The number of fused-ring (bicyclic) bond motifs is 2. The Morgan fingerprint density at radius 2 is 1.65 bits per heavy atom. The van der Waals surface area contributed by atoms with Crippen molar-refractivity contribution in [1.29, 1.82) is 0 Å². The molecule has 0 radical (unpaired) electrons. The average Bonchev–Trinajstić information content (AvgIpc) is 2.72. The smallest absolute Gasteiger partial charge is 0.184 e. The van der Waals surface area contributed by atoms with Gasteiger partial charge in [-0.1, -0.05) is 42.5 Å². The summed E-state index contributed by atoms with van der Waals surface area (Å²) >= 11 is 0. The lowest BCUT2D eigenvalue weighted by molar-refractivity contribution is -0.281. The molecule has 1 aromatic carbocycles. The van der Waals surface area contributed by atoms with Gasteiger partial charge in [-0.2, -0.15) is 0 Å². The zero-order valence-electron chi connectivity index (χ0n) is 15.5. The van der Waals surface area contributed by atoms with Crippen molar-refractivity contribution in [3.05, 3.63) is 48.0 Å². The first-order valence-corrected chi connectivity index (χ1v) is 9.55. The van der Waals surface area contributed by atoms with Crippen molar-refractivity contribution >= 4 is 0 Å². The van der Waals surface area contributed by atoms with Crippen LogP contribution in [0.15, 0.2) is 42.5 Å². The molecule has 0 bridgehead atoms. The molecule has 0 N–H and O–H groups in total. The summed E-state index contributed by atoms with van der Waals surface area (Å²) in [6, 6.07) is 10.1. The van der Waals surface area contributed by atoms with Crippen LogP contribution in [0.2, 0.25) is 0 Å². The fraction of sp³-hybridized carbons (Fsp3) is 0.619. The molecule has 5 nitrogen and oxygen atoms in total. The SMILES string of the molecule is CC1(C)OCC[C@@H]2O[C@@H]3CO[C@@H](c4ccccc4)O[C@H]3C/C=C\C[C@H]2O1. The van der Waals surface area contributed by atoms with Crippen LogP contribution < -0.4 is 0 Å². The highest BCUT2D eigenvalue weighted by molar-refractivity contribution is 5.16. The van der Waals surface area contributed by atoms with E-state index in [-0.39, 0.29) is 30.7 Å². The molecule has 0 aliphatic carbocycles. The average molecular weight is 360 g/mol. The van der Waals surface area contributed by atoms with Crippen LogP contribution in [-0.4, -0.2) is 43.4 Å². The molecule has 0 amide bonds. The monoisotopic (exact) mass is 360 g/mol. The van der Waals surface area contributed by atoms with Crippen molar-refractivity contribution in [2.24, 2.45) is 0 Å². The summed E-state index contributed by atoms with van der Waals surface area (Å²) in [5, 5.41) is 0. The van der Waals surface area contributed by atoms with Crippen molar-refractivity contribution in [3.8, 4) is 0 Å². The molecule has 3 aliphatic rings. The summed E-state index contributed by atoms with van der Waals surface area (Å²) in [6.07, 6.45) is 6.31. The van der Waals surface area contributed by atoms with Crippen LogP contribution in [0.3, 0.4) is 0 Å². The third-order valence-corrected chi connectivity index (χ3v) is 5.15. The molecule has 142 valence electrons. The summed E-state index contributed by atoms with van der Waals surface area (Å²) in [5.41, 5.74) is 1.04. The van der Waals surface area contributed by atoms with Gasteiger partial charge >= 0.3 is 0 Å². The predicted octanol–water partition coefficient (Wildman–Crippen LogP) is 3.75. The second kappa shape index (κ2) is 7.79. The van der Waals surface area contributed by atoms with Crippen LogP contribution in [0.5, 0.6) is 0 Å². The first-order chi connectivity index (χ1) is 12.6. The molecule has 4 rings (SSSR count). The Kier molecular flexibility index (Phi) is 5.43. The number of benzene rings is 1. The van der Waals surface area contributed by atoms with Gasteiger partial charge in [-0.05, 0) is 33.1 Å². The van der Waals surface area contributed by atoms with Gasteiger partial charge in [0.2, 0.25) is 0 Å². The van der Waals surface area contributed by atoms with E-state index in [0.717, 1.165) is 24.8 Å². The van der Waals surface area contributed by atoms with Gasteiger partial charge in [0.1, 0.15) is 6.10 Å². The first-order valence-electron chi connectivity index (χ1n) is 9.55. The fourth-order valence-corrected chi connectivity index (χ4v) is 3.82. The molecule has 1 aromatic rings. The second-order valence-corrected chi connectivity index (χ2v) is 7.60. The van der Waals surface area contributed by atoms with Crippen LogP contribution >= 0.6 is 0 Å². The van der Waals surface area contributed by atoms with Crippen LogP contribution in [0, 0.1) is 0 Å². The quantitative estimate of drug-likeness (QED) is 0.714. The minimum atomic E-state index is -0.581. The summed E-state index contributed by atoms with van der Waals surface area (Å²) < 4.78 is 30.7. The summed E-state index contributed by atoms with van der Waals surface area (Å²) in [4.78, 5) is 0. The molecule has 3 aliphatic heterocycles. The summed E-state index contributed by atoms with van der Waals surface area (Å²) in [7, 11) is 0. The fourth-order valence-electron chi connectivity index (χ4n) is 3.82. The Balaban J connectivity index is 1.48. The van der Waals surface area contributed by atoms with Crippen molar-refractivity contribution in [2.45, 2.75) is 69.6 Å². The van der Waals surface area contributed by atoms with Gasteiger partial charge in [0, 0.05) is 5.56 Å². The van der Waals surface area contributed by atoms with Gasteiger partial charge in [0.25, 0.3) is 0 Å². The van der Waals surface area contributed by atoms with E-state index >= 15 is 0 Å². The zero-order chi connectivity index (χ0) is 18.0. The van der Waals surface area contributed by atoms with Crippen molar-refractivity contribution in [2.75, 3.05) is 13.2 Å². The lowest BCUT2D eigenvalue weighted by Gasteiger charge is -2.38. The maximum atomic E-state index is 6.44. The molecular formula is C21H28O5. The lowest BCUT2D eigenvalue weighted by Crippen LogP contribution is -2.46. The highest BCUT2D eigenvalue weighted by Crippen LogP contribution is 2.33. The van der Waals surface area contributed by atoms with Gasteiger partial charge in [0.05, 0.1) is 31.5 Å². The van der Waals surface area contributed by atoms with E-state index in [1.807, 2.05) is 44.2 Å². The van der Waals surface area contributed by atoms with E-state index in [1.165, 1.54) is 0 Å². The maximum absolute atomic E-state index is 6.44. The molecule has 0 saturated carbocycles. The van der Waals surface area contributed by atoms with Crippen LogP contribution in [0.4, 0.5) is 0 Å². The molecule has 0 aromatic heterocycles. The van der Waals surface area contributed by atoms with Crippen LogP contribution in [0.1, 0.15) is 45.0 Å². The lowest BCUT2D eigenvalue weighted by atomic mass is 10.1. The second-order valence-electron chi connectivity index (χ2n) is 7.60. The van der Waals surface area contributed by atoms with Gasteiger partial charge in [0.15, 0.2) is 12.1 Å². The normalized spacial score (nSPS) is 38.6. The third kappa shape index (κ3) is 4.18. The van der Waals surface area contributed by atoms with Crippen molar-refractivity contribution in [3.63, 3.8) is 0 Å². The number of hydrogen-bond donors (Lipinski definition) is 0. The molecule has 0 spiro atoms. The predicted molar refractivity (Wildman–Crippen MR) is 96.6 cm³/mol. The standard InChI is InChI=1S/C21H28O5/c1-21(2)23-13-12-17-18(26-21)11-7-6-10-16-19(24-17)14-22-20(25-16)15-8-4-3-5-9-15/h3-9,16-20H,10-14H2,1-2H3/b7-6-/t16-,17-,18+,19+,20+/m0/s1. The van der Waals surface area contributed by atoms with Crippen molar-refractivity contribution < 1.29 is 23.7 Å². The van der Waals surface area contributed by atoms with Gasteiger partial charge < -0.3 is 23.7 Å². The Labute approximate surface area is 155 Å². The largest absolute Gasteiger partial charge is 0.367 e. The molecular weight excluding hydrogens is 332 g/mol. The Hall–Kier alpha value is -1.24.